The second-order valence-corrected chi connectivity index (χ2v) is 9.01. The summed E-state index contributed by atoms with van der Waals surface area (Å²) >= 11 is 1.09. The first kappa shape index (κ1) is 23.4. The number of nitrogens with zero attached hydrogens (tertiary/aromatic N) is 4. The lowest BCUT2D eigenvalue weighted by molar-refractivity contribution is -0.120. The van der Waals surface area contributed by atoms with Crippen LogP contribution in [0.3, 0.4) is 0 Å². The largest absolute Gasteiger partial charge is 0.384 e. The molecular weight excluding hydrogens is 450 g/mol. The predicted octanol–water partition coefficient (Wildman–Crippen LogP) is 4.17. The summed E-state index contributed by atoms with van der Waals surface area (Å²) in [6.07, 6.45) is -1.05. The number of methoxy groups -OCH3 is 1. The van der Waals surface area contributed by atoms with Crippen molar-refractivity contribution in [3.05, 3.63) is 52.1 Å². The molecule has 1 aliphatic heterocycles. The first-order valence-electron chi connectivity index (χ1n) is 11.0. The SMILES string of the molecule is CCn1c(C(F)F)nc2sc(N3CCC[C@@H]3C(=O)C[C@H](COC)c3ccccc3)nc2c1=O. The van der Waals surface area contributed by atoms with Gasteiger partial charge in [-0.2, -0.15) is 0 Å². The van der Waals surface area contributed by atoms with E-state index in [1.54, 1.807) is 14.0 Å². The molecule has 0 radical (unpaired) electrons. The number of Topliss-reactive ketones (excluding diaryl/α,β-unsaturated/α-hetero) is 1. The number of anilines is 1. The molecule has 2 atom stereocenters. The molecule has 176 valence electrons. The van der Waals surface area contributed by atoms with Crippen LogP contribution in [0.15, 0.2) is 35.1 Å². The zero-order valence-corrected chi connectivity index (χ0v) is 19.4. The minimum Gasteiger partial charge on any atom is -0.384 e. The van der Waals surface area contributed by atoms with Crippen LogP contribution in [0.1, 0.15) is 49.9 Å². The second-order valence-electron chi connectivity index (χ2n) is 8.06. The van der Waals surface area contributed by atoms with E-state index in [0.717, 1.165) is 27.9 Å². The molecule has 7 nitrogen and oxygen atoms in total. The number of alkyl halides is 2. The van der Waals surface area contributed by atoms with Crippen LogP contribution in [-0.2, 0) is 16.1 Å². The van der Waals surface area contributed by atoms with Crippen LogP contribution >= 0.6 is 11.3 Å². The molecule has 1 aromatic carbocycles. The van der Waals surface area contributed by atoms with E-state index in [2.05, 4.69) is 9.97 Å². The van der Waals surface area contributed by atoms with Crippen LogP contribution in [0.2, 0.25) is 0 Å². The van der Waals surface area contributed by atoms with Crippen molar-refractivity contribution in [2.45, 2.75) is 51.1 Å². The Kier molecular flexibility index (Phi) is 7.14. The van der Waals surface area contributed by atoms with Crippen molar-refractivity contribution in [3.8, 4) is 0 Å². The molecular formula is C23H26F2N4O3S. The maximum atomic E-state index is 13.4. The number of carbonyl (C=O) groups excluding carboxylic acids is 1. The summed E-state index contributed by atoms with van der Waals surface area (Å²) in [7, 11) is 1.62. The molecule has 0 N–H and O–H groups in total. The Bertz CT molecular complexity index is 1180. The van der Waals surface area contributed by atoms with Crippen molar-refractivity contribution < 1.29 is 18.3 Å². The first-order valence-corrected chi connectivity index (χ1v) is 11.8. The van der Waals surface area contributed by atoms with Crippen LogP contribution in [0.25, 0.3) is 10.3 Å². The highest BCUT2D eigenvalue weighted by Crippen LogP contribution is 2.34. The van der Waals surface area contributed by atoms with Crippen molar-refractivity contribution >= 4 is 32.6 Å². The van der Waals surface area contributed by atoms with Crippen LogP contribution in [0, 0.1) is 0 Å². The summed E-state index contributed by atoms with van der Waals surface area (Å²) in [5, 5.41) is 0.475. The molecule has 0 spiro atoms. The quantitative estimate of drug-likeness (QED) is 0.461. The molecule has 0 aliphatic carbocycles. The normalized spacial score (nSPS) is 17.2. The molecule has 1 fully saturated rings. The van der Waals surface area contributed by atoms with Crippen molar-refractivity contribution in [1.29, 1.82) is 0 Å². The van der Waals surface area contributed by atoms with Crippen LogP contribution in [-0.4, -0.2) is 46.6 Å². The van der Waals surface area contributed by atoms with E-state index < -0.39 is 17.8 Å². The summed E-state index contributed by atoms with van der Waals surface area (Å²) in [6.45, 7) is 2.74. The van der Waals surface area contributed by atoms with Gasteiger partial charge in [-0.05, 0) is 25.3 Å². The predicted molar refractivity (Wildman–Crippen MR) is 123 cm³/mol. The summed E-state index contributed by atoms with van der Waals surface area (Å²) in [6, 6.07) is 9.41. The van der Waals surface area contributed by atoms with E-state index in [-0.39, 0.29) is 34.6 Å². The number of benzene rings is 1. The summed E-state index contributed by atoms with van der Waals surface area (Å²) in [5.41, 5.74) is 0.536. The Morgan fingerprint density at radius 2 is 2.03 bits per heavy atom. The number of halogens is 2. The Hall–Kier alpha value is -2.72. The van der Waals surface area contributed by atoms with Gasteiger partial charge in [0, 0.05) is 32.5 Å². The Morgan fingerprint density at radius 1 is 1.27 bits per heavy atom. The van der Waals surface area contributed by atoms with Gasteiger partial charge in [0.15, 0.2) is 27.1 Å². The van der Waals surface area contributed by atoms with Crippen molar-refractivity contribution in [2.75, 3.05) is 25.2 Å². The summed E-state index contributed by atoms with van der Waals surface area (Å²) in [4.78, 5) is 36.6. The average Bonchev–Trinajstić information content (AvgIpc) is 3.46. The number of carbonyl (C=O) groups is 1. The number of hydrogen-bond acceptors (Lipinski definition) is 7. The lowest BCUT2D eigenvalue weighted by Crippen LogP contribution is -2.37. The monoisotopic (exact) mass is 476 g/mol. The molecule has 0 unspecified atom stereocenters. The standard InChI is InChI=1S/C23H26F2N4O3S/c1-3-28-20(19(24)25)27-21-18(22(28)31)26-23(33-21)29-11-7-10-16(29)17(30)12-15(13-32-2)14-8-5-4-6-9-14/h4-6,8-9,15-16,19H,3,7,10-13H2,1-2H3/t15-,16-/m1/s1. The third-order valence-electron chi connectivity index (χ3n) is 6.01. The van der Waals surface area contributed by atoms with Gasteiger partial charge in [-0.3, -0.25) is 14.2 Å². The van der Waals surface area contributed by atoms with Gasteiger partial charge in [0.1, 0.15) is 0 Å². The van der Waals surface area contributed by atoms with Gasteiger partial charge in [0.05, 0.1) is 12.6 Å². The van der Waals surface area contributed by atoms with Crippen LogP contribution in [0.5, 0.6) is 0 Å². The minimum absolute atomic E-state index is 0.0615. The summed E-state index contributed by atoms with van der Waals surface area (Å²) in [5.74, 6) is -0.539. The second kappa shape index (κ2) is 10.0. The lowest BCUT2D eigenvalue weighted by Gasteiger charge is -2.25. The van der Waals surface area contributed by atoms with E-state index >= 15 is 0 Å². The molecule has 33 heavy (non-hydrogen) atoms. The van der Waals surface area contributed by atoms with Crippen LogP contribution < -0.4 is 10.5 Å². The number of fused-ring (bicyclic) bond motifs is 1. The summed E-state index contributed by atoms with van der Waals surface area (Å²) < 4.78 is 33.2. The molecule has 1 saturated heterocycles. The Morgan fingerprint density at radius 3 is 2.70 bits per heavy atom. The van der Waals surface area contributed by atoms with E-state index in [1.165, 1.54) is 0 Å². The highest BCUT2D eigenvalue weighted by molar-refractivity contribution is 7.21. The molecule has 2 aromatic heterocycles. The van der Waals surface area contributed by atoms with E-state index in [4.69, 9.17) is 4.74 Å². The van der Waals surface area contributed by atoms with E-state index in [9.17, 15) is 18.4 Å². The molecule has 0 amide bonds. The van der Waals surface area contributed by atoms with Crippen molar-refractivity contribution in [2.24, 2.45) is 0 Å². The number of rotatable bonds is 9. The van der Waals surface area contributed by atoms with E-state index in [1.807, 2.05) is 35.2 Å². The molecule has 0 saturated carbocycles. The van der Waals surface area contributed by atoms with E-state index in [0.29, 0.717) is 31.1 Å². The number of ether oxygens (including phenoxy) is 1. The number of ketones is 1. The van der Waals surface area contributed by atoms with Crippen molar-refractivity contribution in [3.63, 3.8) is 0 Å². The number of thiazole rings is 1. The first-order chi connectivity index (χ1) is 15.9. The fourth-order valence-corrected chi connectivity index (χ4v) is 5.43. The van der Waals surface area contributed by atoms with Gasteiger partial charge in [-0.15, -0.1) is 0 Å². The third kappa shape index (κ3) is 4.67. The van der Waals surface area contributed by atoms with Gasteiger partial charge in [0.2, 0.25) is 0 Å². The maximum absolute atomic E-state index is 13.4. The average molecular weight is 477 g/mol. The fourth-order valence-electron chi connectivity index (χ4n) is 4.42. The smallest absolute Gasteiger partial charge is 0.295 e. The maximum Gasteiger partial charge on any atom is 0.295 e. The van der Waals surface area contributed by atoms with Gasteiger partial charge >= 0.3 is 0 Å². The van der Waals surface area contributed by atoms with Gasteiger partial charge in [-0.25, -0.2) is 18.7 Å². The zero-order valence-electron chi connectivity index (χ0n) is 18.5. The molecule has 4 rings (SSSR count). The fraction of sp³-hybridized carbons (Fsp3) is 0.478. The minimum atomic E-state index is -2.86. The number of aromatic nitrogens is 3. The molecule has 3 heterocycles. The Labute approximate surface area is 194 Å². The third-order valence-corrected chi connectivity index (χ3v) is 6.99. The van der Waals surface area contributed by atoms with Crippen molar-refractivity contribution in [1.82, 2.24) is 14.5 Å². The highest BCUT2D eigenvalue weighted by atomic mass is 32.1. The zero-order chi connectivity index (χ0) is 23.5. The molecule has 0 bridgehead atoms. The molecule has 1 aliphatic rings. The highest BCUT2D eigenvalue weighted by Gasteiger charge is 2.34. The Balaban J connectivity index is 1.62. The van der Waals surface area contributed by atoms with Gasteiger partial charge < -0.3 is 9.64 Å². The topological polar surface area (TPSA) is 77.3 Å². The number of hydrogen-bond donors (Lipinski definition) is 0. The van der Waals surface area contributed by atoms with Crippen LogP contribution in [0.4, 0.5) is 13.9 Å². The molecule has 3 aromatic rings. The van der Waals surface area contributed by atoms with Gasteiger partial charge in [0.25, 0.3) is 12.0 Å². The lowest BCUT2D eigenvalue weighted by atomic mass is 9.91. The molecule has 10 heteroatoms. The van der Waals surface area contributed by atoms with Gasteiger partial charge in [-0.1, -0.05) is 41.7 Å².